The second kappa shape index (κ2) is 7.97. The van der Waals surface area contributed by atoms with Gasteiger partial charge in [-0.25, -0.2) is 22.1 Å². The highest BCUT2D eigenvalue weighted by Gasteiger charge is 2.52. The van der Waals surface area contributed by atoms with Crippen molar-refractivity contribution in [3.05, 3.63) is 61.1 Å². The SMILES string of the molecule is CC1(C)OB(c2cnc3c(c2)cc(-c2cnn(C(F)F)c2)n3S(=O)(=O)c2ccccc2)OC1(C)C. The first-order chi connectivity index (χ1) is 16.4. The van der Waals surface area contributed by atoms with E-state index in [0.29, 0.717) is 15.5 Å². The van der Waals surface area contributed by atoms with Crippen LogP contribution in [-0.4, -0.2) is 45.5 Å². The van der Waals surface area contributed by atoms with Gasteiger partial charge in [-0.2, -0.15) is 13.9 Å². The average Bonchev–Trinajstić information content (AvgIpc) is 3.48. The number of hydrogen-bond donors (Lipinski definition) is 0. The first-order valence-corrected chi connectivity index (χ1v) is 12.3. The highest BCUT2D eigenvalue weighted by atomic mass is 32.2. The maximum atomic E-state index is 13.7. The number of alkyl halides is 2. The van der Waals surface area contributed by atoms with E-state index >= 15 is 0 Å². The Morgan fingerprint density at radius 1 is 1.00 bits per heavy atom. The zero-order valence-electron chi connectivity index (χ0n) is 19.5. The van der Waals surface area contributed by atoms with Gasteiger partial charge in [0, 0.05) is 28.8 Å². The van der Waals surface area contributed by atoms with E-state index < -0.39 is 34.9 Å². The smallest absolute Gasteiger partial charge is 0.399 e. The summed E-state index contributed by atoms with van der Waals surface area (Å²) >= 11 is 0. The van der Waals surface area contributed by atoms with Crippen molar-refractivity contribution < 1.29 is 26.5 Å². The molecule has 4 heterocycles. The summed E-state index contributed by atoms with van der Waals surface area (Å²) < 4.78 is 67.4. The van der Waals surface area contributed by atoms with Crippen LogP contribution in [-0.2, 0) is 19.3 Å². The molecule has 3 aromatic heterocycles. The summed E-state index contributed by atoms with van der Waals surface area (Å²) in [6.45, 7) is 4.86. The zero-order chi connectivity index (χ0) is 25.2. The first-order valence-electron chi connectivity index (χ1n) is 10.9. The van der Waals surface area contributed by atoms with E-state index in [2.05, 4.69) is 10.1 Å². The molecule has 12 heteroatoms. The number of halogens is 2. The molecule has 0 unspecified atom stereocenters. The van der Waals surface area contributed by atoms with Crippen LogP contribution in [0.15, 0.2) is 66.0 Å². The van der Waals surface area contributed by atoms with Crippen LogP contribution in [0.1, 0.15) is 34.2 Å². The summed E-state index contributed by atoms with van der Waals surface area (Å²) in [4.78, 5) is 4.49. The van der Waals surface area contributed by atoms with Gasteiger partial charge >= 0.3 is 13.7 Å². The van der Waals surface area contributed by atoms with E-state index in [1.807, 2.05) is 27.7 Å². The van der Waals surface area contributed by atoms with Gasteiger partial charge in [0.2, 0.25) is 0 Å². The quantitative estimate of drug-likeness (QED) is 0.387. The van der Waals surface area contributed by atoms with Crippen LogP contribution < -0.4 is 5.46 Å². The largest absolute Gasteiger partial charge is 0.496 e. The summed E-state index contributed by atoms with van der Waals surface area (Å²) in [6.07, 6.45) is 3.81. The highest BCUT2D eigenvalue weighted by Crippen LogP contribution is 2.37. The van der Waals surface area contributed by atoms with Crippen molar-refractivity contribution in [2.45, 2.75) is 50.3 Å². The number of benzene rings is 1. The number of nitrogens with zero attached hydrogens (tertiary/aromatic N) is 4. The van der Waals surface area contributed by atoms with Gasteiger partial charge in [0.05, 0.1) is 28.0 Å². The summed E-state index contributed by atoms with van der Waals surface area (Å²) in [5.41, 5.74) is -0.00231. The molecule has 0 aliphatic carbocycles. The molecular weight excluding hydrogens is 477 g/mol. The molecule has 1 aliphatic heterocycles. The molecule has 1 fully saturated rings. The summed E-state index contributed by atoms with van der Waals surface area (Å²) in [7, 11) is -4.81. The summed E-state index contributed by atoms with van der Waals surface area (Å²) in [6, 6.07) is 11.2. The van der Waals surface area contributed by atoms with Gasteiger partial charge in [-0.1, -0.05) is 18.2 Å². The highest BCUT2D eigenvalue weighted by molar-refractivity contribution is 7.90. The van der Waals surface area contributed by atoms with Crippen molar-refractivity contribution >= 4 is 33.6 Å². The van der Waals surface area contributed by atoms with Gasteiger partial charge in [-0.05, 0) is 52.0 Å². The van der Waals surface area contributed by atoms with Crippen LogP contribution in [0.5, 0.6) is 0 Å². The molecule has 1 saturated heterocycles. The molecule has 8 nitrogen and oxygen atoms in total. The van der Waals surface area contributed by atoms with Crippen molar-refractivity contribution in [1.29, 1.82) is 0 Å². The molecule has 0 bridgehead atoms. The van der Waals surface area contributed by atoms with E-state index in [1.165, 1.54) is 24.5 Å². The van der Waals surface area contributed by atoms with E-state index in [9.17, 15) is 17.2 Å². The van der Waals surface area contributed by atoms with Crippen LogP contribution in [0.2, 0.25) is 0 Å². The van der Waals surface area contributed by atoms with Gasteiger partial charge < -0.3 is 9.31 Å². The molecule has 4 aromatic rings. The summed E-state index contributed by atoms with van der Waals surface area (Å²) in [5.74, 6) is 0. The topological polar surface area (TPSA) is 88.2 Å². The van der Waals surface area contributed by atoms with E-state index in [4.69, 9.17) is 9.31 Å². The predicted molar refractivity (Wildman–Crippen MR) is 127 cm³/mol. The normalized spacial score (nSPS) is 17.5. The number of fused-ring (bicyclic) bond motifs is 1. The van der Waals surface area contributed by atoms with Gasteiger partial charge in [0.25, 0.3) is 10.0 Å². The van der Waals surface area contributed by atoms with Crippen molar-refractivity contribution in [3.63, 3.8) is 0 Å². The third-order valence-corrected chi connectivity index (χ3v) is 8.24. The lowest BCUT2D eigenvalue weighted by Crippen LogP contribution is -2.41. The molecule has 1 aromatic carbocycles. The minimum Gasteiger partial charge on any atom is -0.399 e. The summed E-state index contributed by atoms with van der Waals surface area (Å²) in [5, 5.41) is 4.15. The zero-order valence-corrected chi connectivity index (χ0v) is 20.3. The Balaban J connectivity index is 1.69. The van der Waals surface area contributed by atoms with Crippen LogP contribution in [0, 0.1) is 0 Å². The molecule has 5 rings (SSSR count). The molecule has 0 amide bonds. The Kier molecular flexibility index (Phi) is 5.39. The van der Waals surface area contributed by atoms with Crippen LogP contribution >= 0.6 is 0 Å². The van der Waals surface area contributed by atoms with Gasteiger partial charge in [-0.3, -0.25) is 0 Å². The minimum atomic E-state index is -4.11. The fourth-order valence-electron chi connectivity index (χ4n) is 3.91. The Morgan fingerprint density at radius 2 is 1.66 bits per heavy atom. The van der Waals surface area contributed by atoms with Crippen LogP contribution in [0.25, 0.3) is 22.3 Å². The number of aromatic nitrogens is 4. The van der Waals surface area contributed by atoms with E-state index in [0.717, 1.165) is 10.2 Å². The van der Waals surface area contributed by atoms with E-state index in [-0.39, 0.29) is 21.8 Å². The van der Waals surface area contributed by atoms with Crippen LogP contribution in [0.4, 0.5) is 8.78 Å². The van der Waals surface area contributed by atoms with E-state index in [1.54, 1.807) is 30.3 Å². The Bertz CT molecular complexity index is 1500. The maximum Gasteiger partial charge on any atom is 0.496 e. The molecule has 0 atom stereocenters. The minimum absolute atomic E-state index is 0.0387. The van der Waals surface area contributed by atoms with Gasteiger partial charge in [-0.15, -0.1) is 0 Å². The lowest BCUT2D eigenvalue weighted by molar-refractivity contribution is 0.00578. The lowest BCUT2D eigenvalue weighted by atomic mass is 9.80. The molecule has 182 valence electrons. The standard InChI is InChI=1S/C23H23BF2N4O4S/c1-22(2)23(3,4)34-24(33-22)17-10-15-11-19(16-12-28-29(14-16)21(25)26)30(20(15)27-13-17)35(31,32)18-8-6-5-7-9-18/h5-14,21H,1-4H3. The Labute approximate surface area is 201 Å². The second-order valence-corrected chi connectivity index (χ2v) is 11.2. The maximum absolute atomic E-state index is 13.7. The van der Waals surface area contributed by atoms with Crippen molar-refractivity contribution in [1.82, 2.24) is 18.7 Å². The molecule has 1 aliphatic rings. The second-order valence-electron chi connectivity index (χ2n) is 9.37. The fraction of sp³-hybridized carbons (Fsp3) is 0.304. The number of rotatable bonds is 5. The molecule has 0 N–H and O–H groups in total. The first kappa shape index (κ1) is 23.6. The van der Waals surface area contributed by atoms with Crippen molar-refractivity contribution in [3.8, 4) is 11.3 Å². The molecule has 0 radical (unpaired) electrons. The van der Waals surface area contributed by atoms with Crippen molar-refractivity contribution in [2.24, 2.45) is 0 Å². The Morgan fingerprint density at radius 3 is 2.26 bits per heavy atom. The number of pyridine rings is 1. The average molecular weight is 500 g/mol. The molecule has 0 saturated carbocycles. The monoisotopic (exact) mass is 500 g/mol. The third kappa shape index (κ3) is 3.85. The lowest BCUT2D eigenvalue weighted by Gasteiger charge is -2.32. The predicted octanol–water partition coefficient (Wildman–Crippen LogP) is 3.83. The molecule has 0 spiro atoms. The van der Waals surface area contributed by atoms with Crippen LogP contribution in [0.3, 0.4) is 0 Å². The fourth-order valence-corrected chi connectivity index (χ4v) is 5.42. The third-order valence-electron chi connectivity index (χ3n) is 6.52. The molecular formula is C23H23BF2N4O4S. The van der Waals surface area contributed by atoms with Crippen molar-refractivity contribution in [2.75, 3.05) is 0 Å². The number of hydrogen-bond acceptors (Lipinski definition) is 6. The molecule has 35 heavy (non-hydrogen) atoms. The van der Waals surface area contributed by atoms with Gasteiger partial charge in [0.1, 0.15) is 0 Å². The Hall–Kier alpha value is -3.09. The van der Waals surface area contributed by atoms with Gasteiger partial charge in [0.15, 0.2) is 5.65 Å².